The number of aliphatic hydroxyl groups is 1. The molecule has 0 heterocycles. The van der Waals surface area contributed by atoms with E-state index in [0.717, 1.165) is 18.4 Å². The van der Waals surface area contributed by atoms with Crippen molar-refractivity contribution in [2.75, 3.05) is 5.88 Å². The lowest BCUT2D eigenvalue weighted by Crippen LogP contribution is -2.34. The summed E-state index contributed by atoms with van der Waals surface area (Å²) < 4.78 is 0. The molecule has 16 heavy (non-hydrogen) atoms. The van der Waals surface area contributed by atoms with Crippen LogP contribution in [0.5, 0.6) is 0 Å². The quantitative estimate of drug-likeness (QED) is 0.794. The normalized spacial score (nSPS) is 20.9. The van der Waals surface area contributed by atoms with E-state index in [4.69, 9.17) is 11.6 Å². The Hall–Kier alpha value is -0.530. The van der Waals surface area contributed by atoms with Crippen molar-refractivity contribution >= 4 is 11.6 Å². The van der Waals surface area contributed by atoms with E-state index >= 15 is 0 Å². The Morgan fingerprint density at radius 1 is 1.19 bits per heavy atom. The Bertz CT molecular complexity index is 319. The minimum atomic E-state index is -0.709. The van der Waals surface area contributed by atoms with E-state index in [-0.39, 0.29) is 0 Å². The molecule has 1 N–H and O–H groups in total. The molecule has 1 saturated carbocycles. The standard InChI is InChI=1S/C14H19ClO/c15-11-10-14(16,13-8-4-5-9-13)12-6-2-1-3-7-12/h1-3,6-7,13,16H,4-5,8-11H2. The largest absolute Gasteiger partial charge is 0.385 e. The molecule has 1 aromatic rings. The predicted octanol–water partition coefficient (Wildman–Crippen LogP) is 3.69. The van der Waals surface area contributed by atoms with E-state index in [0.29, 0.717) is 18.2 Å². The van der Waals surface area contributed by atoms with E-state index < -0.39 is 5.60 Å². The molecular formula is C14H19ClO. The Balaban J connectivity index is 2.27. The number of alkyl halides is 1. The highest BCUT2D eigenvalue weighted by Crippen LogP contribution is 2.42. The van der Waals surface area contributed by atoms with Gasteiger partial charge in [-0.05, 0) is 30.7 Å². The SMILES string of the molecule is OC(CCCl)(c1ccccc1)C1CCCC1. The minimum Gasteiger partial charge on any atom is -0.385 e. The van der Waals surface area contributed by atoms with Gasteiger partial charge in [0.05, 0.1) is 5.60 Å². The number of rotatable bonds is 4. The molecule has 1 aromatic carbocycles. The molecule has 0 saturated heterocycles. The summed E-state index contributed by atoms with van der Waals surface area (Å²) in [5, 5.41) is 10.9. The van der Waals surface area contributed by atoms with Crippen molar-refractivity contribution in [3.05, 3.63) is 35.9 Å². The maximum Gasteiger partial charge on any atom is 0.0935 e. The minimum absolute atomic E-state index is 0.383. The van der Waals surface area contributed by atoms with Gasteiger partial charge < -0.3 is 5.11 Å². The number of halogens is 1. The summed E-state index contributed by atoms with van der Waals surface area (Å²) in [5.41, 5.74) is 0.321. The molecule has 0 spiro atoms. The molecule has 0 aromatic heterocycles. The molecule has 88 valence electrons. The van der Waals surface area contributed by atoms with Gasteiger partial charge in [-0.2, -0.15) is 0 Å². The summed E-state index contributed by atoms with van der Waals surface area (Å²) >= 11 is 5.85. The van der Waals surface area contributed by atoms with Gasteiger partial charge in [-0.25, -0.2) is 0 Å². The molecule has 2 heteroatoms. The van der Waals surface area contributed by atoms with E-state index in [1.54, 1.807) is 0 Å². The van der Waals surface area contributed by atoms with Gasteiger partial charge in [-0.3, -0.25) is 0 Å². The fourth-order valence-electron chi connectivity index (χ4n) is 2.86. The summed E-state index contributed by atoms with van der Waals surface area (Å²) in [6.45, 7) is 0. The highest BCUT2D eigenvalue weighted by molar-refractivity contribution is 6.17. The fraction of sp³-hybridized carbons (Fsp3) is 0.571. The van der Waals surface area contributed by atoms with Crippen molar-refractivity contribution in [1.82, 2.24) is 0 Å². The lowest BCUT2D eigenvalue weighted by atomic mass is 9.78. The fourth-order valence-corrected chi connectivity index (χ4v) is 3.15. The molecule has 0 amide bonds. The summed E-state index contributed by atoms with van der Waals surface area (Å²) in [4.78, 5) is 0. The van der Waals surface area contributed by atoms with Crippen molar-refractivity contribution < 1.29 is 5.11 Å². The van der Waals surface area contributed by atoms with Gasteiger partial charge in [0, 0.05) is 5.88 Å². The molecule has 1 fully saturated rings. The van der Waals surface area contributed by atoms with Crippen molar-refractivity contribution in [2.45, 2.75) is 37.7 Å². The van der Waals surface area contributed by atoms with Gasteiger partial charge >= 0.3 is 0 Å². The van der Waals surface area contributed by atoms with Crippen molar-refractivity contribution in [3.8, 4) is 0 Å². The first kappa shape index (κ1) is 11.9. The summed E-state index contributed by atoms with van der Waals surface area (Å²) in [7, 11) is 0. The van der Waals surface area contributed by atoms with E-state index in [2.05, 4.69) is 0 Å². The molecular weight excluding hydrogens is 220 g/mol. The lowest BCUT2D eigenvalue weighted by Gasteiger charge is -2.34. The number of hydrogen-bond acceptors (Lipinski definition) is 1. The molecule has 0 bridgehead atoms. The zero-order valence-electron chi connectivity index (χ0n) is 9.53. The highest BCUT2D eigenvalue weighted by Gasteiger charge is 2.38. The molecule has 0 aliphatic heterocycles. The lowest BCUT2D eigenvalue weighted by molar-refractivity contribution is -0.0248. The van der Waals surface area contributed by atoms with E-state index in [1.165, 1.54) is 12.8 Å². The topological polar surface area (TPSA) is 20.2 Å². The van der Waals surface area contributed by atoms with E-state index in [9.17, 15) is 5.11 Å². The zero-order valence-corrected chi connectivity index (χ0v) is 10.3. The van der Waals surface area contributed by atoms with Crippen molar-refractivity contribution in [1.29, 1.82) is 0 Å². The highest BCUT2D eigenvalue weighted by atomic mass is 35.5. The van der Waals surface area contributed by atoms with Gasteiger partial charge in [0.2, 0.25) is 0 Å². The maximum atomic E-state index is 10.9. The van der Waals surface area contributed by atoms with Crippen LogP contribution in [0.3, 0.4) is 0 Å². The second kappa shape index (κ2) is 5.20. The molecule has 1 nitrogen and oxygen atoms in total. The Morgan fingerprint density at radius 2 is 1.81 bits per heavy atom. The molecule has 0 radical (unpaired) electrons. The third-order valence-corrected chi connectivity index (χ3v) is 3.97. The summed E-state index contributed by atoms with van der Waals surface area (Å²) in [6.07, 6.45) is 5.39. The third-order valence-electron chi connectivity index (χ3n) is 3.78. The van der Waals surface area contributed by atoms with Crippen LogP contribution in [0.2, 0.25) is 0 Å². The van der Waals surface area contributed by atoms with Gasteiger partial charge in [0.1, 0.15) is 0 Å². The predicted molar refractivity (Wildman–Crippen MR) is 67.6 cm³/mol. The zero-order chi connectivity index (χ0) is 11.4. The van der Waals surface area contributed by atoms with Crippen LogP contribution in [0, 0.1) is 5.92 Å². The van der Waals surface area contributed by atoms with Crippen molar-refractivity contribution in [2.24, 2.45) is 5.92 Å². The van der Waals surface area contributed by atoms with Crippen molar-refractivity contribution in [3.63, 3.8) is 0 Å². The van der Waals surface area contributed by atoms with Crippen LogP contribution in [-0.2, 0) is 5.60 Å². The number of benzene rings is 1. The second-order valence-corrected chi connectivity index (χ2v) is 5.09. The van der Waals surface area contributed by atoms with E-state index in [1.807, 2.05) is 30.3 Å². The summed E-state index contributed by atoms with van der Waals surface area (Å²) in [6, 6.07) is 10.0. The third kappa shape index (κ3) is 2.26. The van der Waals surface area contributed by atoms with Crippen LogP contribution in [-0.4, -0.2) is 11.0 Å². The average Bonchev–Trinajstić information content (AvgIpc) is 2.84. The van der Waals surface area contributed by atoms with Gasteiger partial charge in [0.25, 0.3) is 0 Å². The second-order valence-electron chi connectivity index (χ2n) is 4.71. The van der Waals surface area contributed by atoms with Gasteiger partial charge in [0.15, 0.2) is 0 Å². The van der Waals surface area contributed by atoms with Gasteiger partial charge in [-0.15, -0.1) is 11.6 Å². The van der Waals surface area contributed by atoms with Crippen LogP contribution >= 0.6 is 11.6 Å². The molecule has 1 aliphatic rings. The first-order chi connectivity index (χ1) is 7.77. The van der Waals surface area contributed by atoms with Crippen LogP contribution in [0.1, 0.15) is 37.7 Å². The Kier molecular flexibility index (Phi) is 3.88. The monoisotopic (exact) mass is 238 g/mol. The first-order valence-electron chi connectivity index (χ1n) is 6.11. The van der Waals surface area contributed by atoms with Crippen LogP contribution in [0.15, 0.2) is 30.3 Å². The smallest absolute Gasteiger partial charge is 0.0935 e. The van der Waals surface area contributed by atoms with Crippen LogP contribution < -0.4 is 0 Å². The Morgan fingerprint density at radius 3 is 2.38 bits per heavy atom. The Labute approximate surface area is 102 Å². The molecule has 1 unspecified atom stereocenters. The van der Waals surface area contributed by atoms with Gasteiger partial charge in [-0.1, -0.05) is 43.2 Å². The summed E-state index contributed by atoms with van der Waals surface area (Å²) in [5.74, 6) is 0.899. The molecule has 2 rings (SSSR count). The maximum absolute atomic E-state index is 10.9. The molecule has 1 aliphatic carbocycles. The first-order valence-corrected chi connectivity index (χ1v) is 6.64. The van der Waals surface area contributed by atoms with Crippen LogP contribution in [0.4, 0.5) is 0 Å². The van der Waals surface area contributed by atoms with Crippen LogP contribution in [0.25, 0.3) is 0 Å². The molecule has 1 atom stereocenters. The average molecular weight is 239 g/mol. The number of hydrogen-bond donors (Lipinski definition) is 1.